The molecule has 1 aliphatic rings. The van der Waals surface area contributed by atoms with Gasteiger partial charge in [-0.15, -0.1) is 11.8 Å². The van der Waals surface area contributed by atoms with Crippen LogP contribution in [-0.4, -0.2) is 16.6 Å². The van der Waals surface area contributed by atoms with E-state index in [1.54, 1.807) is 0 Å². The van der Waals surface area contributed by atoms with Gasteiger partial charge in [0, 0.05) is 5.56 Å². The maximum Gasteiger partial charge on any atom is 0.234 e. The van der Waals surface area contributed by atoms with E-state index >= 15 is 0 Å². The molecule has 7 heteroatoms. The van der Waals surface area contributed by atoms with Crippen molar-refractivity contribution in [3.8, 4) is 0 Å². The lowest BCUT2D eigenvalue weighted by Gasteiger charge is -2.23. The van der Waals surface area contributed by atoms with Gasteiger partial charge in [0.2, 0.25) is 5.91 Å². The van der Waals surface area contributed by atoms with Crippen molar-refractivity contribution in [2.45, 2.75) is 11.9 Å². The van der Waals surface area contributed by atoms with E-state index in [9.17, 15) is 18.0 Å². The van der Waals surface area contributed by atoms with Crippen LogP contribution in [0.1, 0.15) is 16.5 Å². The summed E-state index contributed by atoms with van der Waals surface area (Å²) in [6.07, 6.45) is 0. The third-order valence-corrected chi connectivity index (χ3v) is 5.21. The van der Waals surface area contributed by atoms with Gasteiger partial charge in [-0.05, 0) is 28.5 Å². The van der Waals surface area contributed by atoms with E-state index in [4.69, 9.17) is 0 Å². The molecule has 1 atom stereocenters. The molecule has 1 amide bonds. The summed E-state index contributed by atoms with van der Waals surface area (Å²) >= 11 is 2.95. The minimum atomic E-state index is -1.50. The Morgan fingerprint density at radius 3 is 2.71 bits per heavy atom. The van der Waals surface area contributed by atoms with Crippen molar-refractivity contribution in [1.82, 2.24) is 4.90 Å². The van der Waals surface area contributed by atoms with Crippen LogP contribution in [0.25, 0.3) is 0 Å². The van der Waals surface area contributed by atoms with E-state index in [0.717, 1.165) is 11.6 Å². The zero-order valence-electron chi connectivity index (χ0n) is 10.7. The SMILES string of the molecule is O=C1CSC(c2ccsc2)N1Cc1ccc(F)c(F)c1F. The maximum atomic E-state index is 13.8. The number of amides is 1. The van der Waals surface area contributed by atoms with Crippen molar-refractivity contribution in [2.75, 3.05) is 5.75 Å². The van der Waals surface area contributed by atoms with Gasteiger partial charge < -0.3 is 4.90 Å². The van der Waals surface area contributed by atoms with E-state index in [1.807, 2.05) is 16.8 Å². The molecule has 21 heavy (non-hydrogen) atoms. The quantitative estimate of drug-likeness (QED) is 0.795. The number of thiophene rings is 1. The molecule has 0 radical (unpaired) electrons. The van der Waals surface area contributed by atoms with E-state index in [-0.39, 0.29) is 23.4 Å². The summed E-state index contributed by atoms with van der Waals surface area (Å²) in [5.41, 5.74) is 0.934. The Morgan fingerprint density at radius 2 is 2.00 bits per heavy atom. The molecule has 2 nitrogen and oxygen atoms in total. The zero-order valence-corrected chi connectivity index (χ0v) is 12.3. The Bertz CT molecular complexity index is 675. The number of rotatable bonds is 3. The van der Waals surface area contributed by atoms with Crippen molar-refractivity contribution in [3.05, 3.63) is 57.5 Å². The summed E-state index contributed by atoms with van der Waals surface area (Å²) in [4.78, 5) is 13.5. The van der Waals surface area contributed by atoms with Gasteiger partial charge in [-0.1, -0.05) is 6.07 Å². The Labute approximate surface area is 127 Å². The molecule has 1 saturated heterocycles. The minimum Gasteiger partial charge on any atom is -0.321 e. The van der Waals surface area contributed by atoms with Gasteiger partial charge in [0.05, 0.1) is 12.3 Å². The first-order valence-electron chi connectivity index (χ1n) is 6.13. The minimum absolute atomic E-state index is 0.0232. The van der Waals surface area contributed by atoms with Gasteiger partial charge in [0.1, 0.15) is 5.37 Å². The third kappa shape index (κ3) is 2.67. The van der Waals surface area contributed by atoms with Crippen LogP contribution in [-0.2, 0) is 11.3 Å². The number of halogens is 3. The molecule has 1 fully saturated rings. The first-order chi connectivity index (χ1) is 10.1. The second-order valence-electron chi connectivity index (χ2n) is 4.58. The molecule has 1 aromatic heterocycles. The van der Waals surface area contributed by atoms with E-state index in [0.29, 0.717) is 5.75 Å². The van der Waals surface area contributed by atoms with Crippen molar-refractivity contribution in [2.24, 2.45) is 0 Å². The molecule has 1 aliphatic heterocycles. The molecule has 0 saturated carbocycles. The summed E-state index contributed by atoms with van der Waals surface area (Å²) in [5, 5.41) is 3.61. The van der Waals surface area contributed by atoms with Crippen LogP contribution in [0.5, 0.6) is 0 Å². The number of nitrogens with zero attached hydrogens (tertiary/aromatic N) is 1. The van der Waals surface area contributed by atoms with Crippen molar-refractivity contribution in [1.29, 1.82) is 0 Å². The summed E-state index contributed by atoms with van der Waals surface area (Å²) in [6, 6.07) is 3.95. The van der Waals surface area contributed by atoms with Crippen molar-refractivity contribution in [3.63, 3.8) is 0 Å². The van der Waals surface area contributed by atoms with Gasteiger partial charge in [-0.2, -0.15) is 11.3 Å². The highest BCUT2D eigenvalue weighted by Crippen LogP contribution is 2.40. The Hall–Kier alpha value is -1.47. The smallest absolute Gasteiger partial charge is 0.234 e. The van der Waals surface area contributed by atoms with E-state index < -0.39 is 17.5 Å². The van der Waals surface area contributed by atoms with Crippen LogP contribution in [0.3, 0.4) is 0 Å². The predicted molar refractivity (Wildman–Crippen MR) is 76.4 cm³/mol. The molecule has 1 unspecified atom stereocenters. The number of carbonyl (C=O) groups is 1. The van der Waals surface area contributed by atoms with Crippen LogP contribution < -0.4 is 0 Å². The van der Waals surface area contributed by atoms with Crippen LogP contribution in [0.4, 0.5) is 13.2 Å². The molecular weight excluding hydrogens is 319 g/mol. The highest BCUT2D eigenvalue weighted by atomic mass is 32.2. The summed E-state index contributed by atoms with van der Waals surface area (Å²) < 4.78 is 40.0. The van der Waals surface area contributed by atoms with Crippen molar-refractivity contribution < 1.29 is 18.0 Å². The molecule has 1 aromatic carbocycles. The molecule has 2 heterocycles. The van der Waals surface area contributed by atoms with Gasteiger partial charge in [-0.3, -0.25) is 4.79 Å². The second kappa shape index (κ2) is 5.73. The molecule has 0 N–H and O–H groups in total. The Balaban J connectivity index is 1.89. The standard InChI is InChI=1S/C14H10F3NOS2/c15-10-2-1-8(12(16)13(10)17)5-18-11(19)7-21-14(18)9-3-4-20-6-9/h1-4,6,14H,5,7H2. The van der Waals surface area contributed by atoms with Crippen LogP contribution >= 0.6 is 23.1 Å². The monoisotopic (exact) mass is 329 g/mol. The number of thioether (sulfide) groups is 1. The largest absolute Gasteiger partial charge is 0.321 e. The fraction of sp³-hybridized carbons (Fsp3) is 0.214. The second-order valence-corrected chi connectivity index (χ2v) is 6.42. The first-order valence-corrected chi connectivity index (χ1v) is 8.12. The maximum absolute atomic E-state index is 13.8. The number of benzene rings is 1. The molecule has 0 spiro atoms. The van der Waals surface area contributed by atoms with Crippen molar-refractivity contribution >= 4 is 29.0 Å². The lowest BCUT2D eigenvalue weighted by atomic mass is 10.1. The van der Waals surface area contributed by atoms with Crippen LogP contribution in [0.2, 0.25) is 0 Å². The van der Waals surface area contributed by atoms with Crippen LogP contribution in [0, 0.1) is 17.5 Å². The van der Waals surface area contributed by atoms with Gasteiger partial charge in [-0.25, -0.2) is 13.2 Å². The Morgan fingerprint density at radius 1 is 1.19 bits per heavy atom. The summed E-state index contributed by atoms with van der Waals surface area (Å²) in [5.74, 6) is -3.80. The molecular formula is C14H10F3NOS2. The van der Waals surface area contributed by atoms with Gasteiger partial charge in [0.15, 0.2) is 17.5 Å². The third-order valence-electron chi connectivity index (χ3n) is 3.25. The van der Waals surface area contributed by atoms with E-state index in [1.165, 1.54) is 34.1 Å². The molecule has 2 aromatic rings. The predicted octanol–water partition coefficient (Wildman–Crippen LogP) is 3.94. The highest BCUT2D eigenvalue weighted by Gasteiger charge is 2.33. The normalized spacial score (nSPS) is 18.5. The zero-order chi connectivity index (χ0) is 15.0. The topological polar surface area (TPSA) is 20.3 Å². The average Bonchev–Trinajstić information content (AvgIpc) is 3.10. The molecule has 0 aliphatic carbocycles. The lowest BCUT2D eigenvalue weighted by molar-refractivity contribution is -0.128. The number of hydrogen-bond acceptors (Lipinski definition) is 3. The summed E-state index contributed by atoms with van der Waals surface area (Å²) in [7, 11) is 0. The fourth-order valence-corrected chi connectivity index (χ4v) is 4.13. The molecule has 110 valence electrons. The number of carbonyl (C=O) groups excluding carboxylic acids is 1. The average molecular weight is 329 g/mol. The number of hydrogen-bond donors (Lipinski definition) is 0. The highest BCUT2D eigenvalue weighted by molar-refractivity contribution is 8.00. The lowest BCUT2D eigenvalue weighted by Crippen LogP contribution is -2.28. The van der Waals surface area contributed by atoms with Gasteiger partial charge >= 0.3 is 0 Å². The first kappa shape index (κ1) is 14.5. The summed E-state index contributed by atoms with van der Waals surface area (Å²) in [6.45, 7) is -0.0740. The van der Waals surface area contributed by atoms with Gasteiger partial charge in [0.25, 0.3) is 0 Å². The Kier molecular flexibility index (Phi) is 3.95. The fourth-order valence-electron chi connectivity index (χ4n) is 2.19. The van der Waals surface area contributed by atoms with Crippen LogP contribution in [0.15, 0.2) is 29.0 Å². The molecule has 0 bridgehead atoms. The van der Waals surface area contributed by atoms with E-state index in [2.05, 4.69) is 0 Å². The molecule has 3 rings (SSSR count).